The Kier molecular flexibility index (Phi) is 5.25. The van der Waals surface area contributed by atoms with Gasteiger partial charge in [-0.05, 0) is 33.8 Å². The van der Waals surface area contributed by atoms with Crippen LogP contribution in [0.1, 0.15) is 27.7 Å². The maximum absolute atomic E-state index is 14.3. The molecule has 21 heavy (non-hydrogen) atoms. The minimum absolute atomic E-state index is 0.201. The van der Waals surface area contributed by atoms with E-state index < -0.39 is 11.6 Å². The van der Waals surface area contributed by atoms with Crippen LogP contribution in [0.5, 0.6) is 0 Å². The lowest BCUT2D eigenvalue weighted by atomic mass is 9.93. The lowest BCUT2D eigenvalue weighted by Gasteiger charge is -2.45. The lowest BCUT2D eigenvalue weighted by Crippen LogP contribution is -2.60. The average molecular weight is 361 g/mol. The van der Waals surface area contributed by atoms with Gasteiger partial charge in [-0.1, -0.05) is 27.7 Å². The summed E-state index contributed by atoms with van der Waals surface area (Å²) in [7, 11) is 0. The molecule has 1 fully saturated rings. The summed E-state index contributed by atoms with van der Waals surface area (Å²) in [5, 5.41) is 3.55. The second-order valence-electron chi connectivity index (χ2n) is 6.44. The van der Waals surface area contributed by atoms with Crippen molar-refractivity contribution >= 4 is 21.6 Å². The van der Waals surface area contributed by atoms with Crippen LogP contribution in [-0.4, -0.2) is 25.2 Å². The van der Waals surface area contributed by atoms with E-state index in [-0.39, 0.29) is 6.04 Å². The van der Waals surface area contributed by atoms with Crippen LogP contribution in [0, 0.1) is 23.5 Å². The van der Waals surface area contributed by atoms with Gasteiger partial charge in [-0.15, -0.1) is 0 Å². The quantitative estimate of drug-likeness (QED) is 0.813. The molecule has 0 radical (unpaired) electrons. The summed E-state index contributed by atoms with van der Waals surface area (Å²) in [6.45, 7) is 10.1. The molecule has 1 N–H and O–H groups in total. The Bertz CT molecular complexity index is 505. The van der Waals surface area contributed by atoms with Crippen molar-refractivity contribution in [1.82, 2.24) is 5.32 Å². The fraction of sp³-hybridized carbons (Fsp3) is 0.625. The fourth-order valence-corrected chi connectivity index (χ4v) is 3.18. The third-order valence-electron chi connectivity index (χ3n) is 4.26. The molecular formula is C16H23BrF2N2. The van der Waals surface area contributed by atoms with Gasteiger partial charge in [-0.3, -0.25) is 0 Å². The molecule has 1 aliphatic heterocycles. The average Bonchev–Trinajstić information content (AvgIpc) is 2.42. The molecule has 5 heteroatoms. The molecular weight excluding hydrogens is 338 g/mol. The molecule has 0 bridgehead atoms. The van der Waals surface area contributed by atoms with Crippen LogP contribution in [0.15, 0.2) is 16.6 Å². The van der Waals surface area contributed by atoms with Gasteiger partial charge >= 0.3 is 0 Å². The Balaban J connectivity index is 2.38. The van der Waals surface area contributed by atoms with E-state index in [2.05, 4.69) is 53.8 Å². The number of halogens is 3. The third kappa shape index (κ3) is 3.57. The van der Waals surface area contributed by atoms with Crippen molar-refractivity contribution in [2.75, 3.05) is 18.0 Å². The van der Waals surface area contributed by atoms with Crippen LogP contribution in [0.3, 0.4) is 0 Å². The van der Waals surface area contributed by atoms with E-state index in [0.717, 1.165) is 19.2 Å². The standard InChI is InChI=1S/C16H23BrF2N2/c1-9(2)14-8-21(16(7-20-14)10(3)4)15-5-11(17)12(18)6-13(15)19/h5-6,9-10,14,16,20H,7-8H2,1-4H3. The monoisotopic (exact) mass is 360 g/mol. The number of piperazine rings is 1. The second-order valence-corrected chi connectivity index (χ2v) is 7.29. The Morgan fingerprint density at radius 2 is 1.81 bits per heavy atom. The summed E-state index contributed by atoms with van der Waals surface area (Å²) >= 11 is 3.16. The van der Waals surface area contributed by atoms with Crippen molar-refractivity contribution in [3.8, 4) is 0 Å². The highest BCUT2D eigenvalue weighted by Crippen LogP contribution is 2.31. The van der Waals surface area contributed by atoms with Gasteiger partial charge in [0.25, 0.3) is 0 Å². The number of nitrogens with one attached hydrogen (secondary N) is 1. The highest BCUT2D eigenvalue weighted by atomic mass is 79.9. The van der Waals surface area contributed by atoms with Crippen LogP contribution in [0.25, 0.3) is 0 Å². The summed E-state index contributed by atoms with van der Waals surface area (Å²) in [6, 6.07) is 3.03. The Morgan fingerprint density at radius 3 is 2.38 bits per heavy atom. The second kappa shape index (κ2) is 6.61. The van der Waals surface area contributed by atoms with Crippen molar-refractivity contribution in [2.45, 2.75) is 39.8 Å². The number of hydrogen-bond acceptors (Lipinski definition) is 2. The zero-order valence-electron chi connectivity index (χ0n) is 13.0. The molecule has 1 heterocycles. The largest absolute Gasteiger partial charge is 0.363 e. The maximum atomic E-state index is 14.3. The first-order valence-electron chi connectivity index (χ1n) is 7.45. The first-order chi connectivity index (χ1) is 9.81. The van der Waals surface area contributed by atoms with Crippen LogP contribution in [0.4, 0.5) is 14.5 Å². The maximum Gasteiger partial charge on any atom is 0.149 e. The predicted octanol–water partition coefficient (Wildman–Crippen LogP) is 4.19. The molecule has 0 amide bonds. The number of hydrogen-bond donors (Lipinski definition) is 1. The number of nitrogens with zero attached hydrogens (tertiary/aromatic N) is 1. The summed E-state index contributed by atoms with van der Waals surface area (Å²) < 4.78 is 28.0. The topological polar surface area (TPSA) is 15.3 Å². The SMILES string of the molecule is CC(C)C1CN(c2cc(Br)c(F)cc2F)C(C(C)C)CN1. The van der Waals surface area contributed by atoms with E-state index in [1.165, 1.54) is 0 Å². The normalized spacial score (nSPS) is 23.2. The minimum atomic E-state index is -0.562. The van der Waals surface area contributed by atoms with Crippen molar-refractivity contribution < 1.29 is 8.78 Å². The van der Waals surface area contributed by atoms with E-state index in [4.69, 9.17) is 0 Å². The van der Waals surface area contributed by atoms with Gasteiger partial charge in [-0.25, -0.2) is 8.78 Å². The highest BCUT2D eigenvalue weighted by molar-refractivity contribution is 9.10. The molecule has 1 aromatic carbocycles. The smallest absolute Gasteiger partial charge is 0.149 e. The van der Waals surface area contributed by atoms with Crippen molar-refractivity contribution in [3.63, 3.8) is 0 Å². The molecule has 1 aromatic rings. The van der Waals surface area contributed by atoms with E-state index in [1.807, 2.05) is 0 Å². The summed E-state index contributed by atoms with van der Waals surface area (Å²) in [5.74, 6) is -0.208. The molecule has 1 saturated heterocycles. The molecule has 0 saturated carbocycles. The van der Waals surface area contributed by atoms with Crippen molar-refractivity contribution in [2.24, 2.45) is 11.8 Å². The van der Waals surface area contributed by atoms with Crippen LogP contribution >= 0.6 is 15.9 Å². The zero-order valence-corrected chi connectivity index (χ0v) is 14.5. The van der Waals surface area contributed by atoms with E-state index in [9.17, 15) is 8.78 Å². The molecule has 118 valence electrons. The number of anilines is 1. The summed E-state index contributed by atoms with van der Waals surface area (Å²) in [6.07, 6.45) is 0. The van der Waals surface area contributed by atoms with Gasteiger partial charge < -0.3 is 10.2 Å². The van der Waals surface area contributed by atoms with Gasteiger partial charge in [-0.2, -0.15) is 0 Å². The van der Waals surface area contributed by atoms with Crippen LogP contribution in [-0.2, 0) is 0 Å². The van der Waals surface area contributed by atoms with Gasteiger partial charge in [0.05, 0.1) is 10.2 Å². The van der Waals surface area contributed by atoms with Gasteiger partial charge in [0.15, 0.2) is 0 Å². The molecule has 0 spiro atoms. The molecule has 2 rings (SSSR count). The van der Waals surface area contributed by atoms with E-state index >= 15 is 0 Å². The first kappa shape index (κ1) is 16.7. The predicted molar refractivity (Wildman–Crippen MR) is 86.7 cm³/mol. The zero-order chi connectivity index (χ0) is 15.7. The molecule has 2 unspecified atom stereocenters. The summed E-state index contributed by atoms with van der Waals surface area (Å²) in [5.41, 5.74) is 0.481. The molecule has 1 aliphatic rings. The molecule has 0 aromatic heterocycles. The van der Waals surface area contributed by atoms with Crippen LogP contribution in [0.2, 0.25) is 0 Å². The molecule has 2 nitrogen and oxygen atoms in total. The van der Waals surface area contributed by atoms with Gasteiger partial charge in [0, 0.05) is 31.2 Å². The van der Waals surface area contributed by atoms with Gasteiger partial charge in [0.2, 0.25) is 0 Å². The fourth-order valence-electron chi connectivity index (χ4n) is 2.85. The Labute approximate surface area is 134 Å². The summed E-state index contributed by atoms with van der Waals surface area (Å²) in [4.78, 5) is 2.09. The first-order valence-corrected chi connectivity index (χ1v) is 8.25. The third-order valence-corrected chi connectivity index (χ3v) is 4.86. The molecule has 0 aliphatic carbocycles. The van der Waals surface area contributed by atoms with E-state index in [1.54, 1.807) is 6.07 Å². The lowest BCUT2D eigenvalue weighted by molar-refractivity contribution is 0.293. The van der Waals surface area contributed by atoms with Crippen LogP contribution < -0.4 is 10.2 Å². The van der Waals surface area contributed by atoms with Crippen molar-refractivity contribution in [3.05, 3.63) is 28.2 Å². The number of benzene rings is 1. The molecule has 2 atom stereocenters. The Morgan fingerprint density at radius 1 is 1.14 bits per heavy atom. The van der Waals surface area contributed by atoms with E-state index in [0.29, 0.717) is 28.0 Å². The highest BCUT2D eigenvalue weighted by Gasteiger charge is 2.32. The minimum Gasteiger partial charge on any atom is -0.363 e. The van der Waals surface area contributed by atoms with Gasteiger partial charge in [0.1, 0.15) is 11.6 Å². The van der Waals surface area contributed by atoms with Crippen molar-refractivity contribution in [1.29, 1.82) is 0 Å². The Hall–Kier alpha value is -0.680. The number of rotatable bonds is 3.